The normalized spacial score (nSPS) is 11.1. The van der Waals surface area contributed by atoms with Crippen molar-refractivity contribution in [2.24, 2.45) is 0 Å². The number of allylic oxidation sites excluding steroid dienone is 2. The van der Waals surface area contributed by atoms with Crippen LogP contribution in [0.25, 0.3) is 0 Å². The third-order valence-corrected chi connectivity index (χ3v) is 2.26. The second-order valence-corrected chi connectivity index (χ2v) is 6.17. The van der Waals surface area contributed by atoms with Crippen LogP contribution in [0.15, 0.2) is 23.3 Å². The largest absolute Gasteiger partial charge is 0.400 e. The summed E-state index contributed by atoms with van der Waals surface area (Å²) in [5.74, 6) is 0. The minimum absolute atomic E-state index is 0.0134. The topological polar surface area (TPSA) is 127 Å². The Hall–Kier alpha value is -0.780. The van der Waals surface area contributed by atoms with E-state index in [1.807, 2.05) is 27.7 Å². The van der Waals surface area contributed by atoms with Crippen molar-refractivity contribution in [1.29, 1.82) is 0 Å². The molecule has 20 heavy (non-hydrogen) atoms. The van der Waals surface area contributed by atoms with Crippen LogP contribution in [0.4, 0.5) is 0 Å². The second-order valence-electron chi connectivity index (χ2n) is 3.99. The lowest BCUT2D eigenvalue weighted by molar-refractivity contribution is 0.247. The van der Waals surface area contributed by atoms with E-state index in [2.05, 4.69) is 8.37 Å². The summed E-state index contributed by atoms with van der Waals surface area (Å²) in [5.41, 5.74) is 1.99. The van der Waals surface area contributed by atoms with Gasteiger partial charge in [0.2, 0.25) is 0 Å². The first-order chi connectivity index (χ1) is 8.83. The summed E-state index contributed by atoms with van der Waals surface area (Å²) in [6, 6.07) is 0. The van der Waals surface area contributed by atoms with Crippen molar-refractivity contribution in [3.8, 4) is 0 Å². The van der Waals surface area contributed by atoms with Crippen molar-refractivity contribution < 1.29 is 34.3 Å². The van der Waals surface area contributed by atoms with Gasteiger partial charge in [-0.1, -0.05) is 23.3 Å². The minimum atomic E-state index is -4.67. The van der Waals surface area contributed by atoms with Crippen molar-refractivity contribution in [3.63, 3.8) is 0 Å². The fourth-order valence-electron chi connectivity index (χ4n) is 0.602. The molecule has 8 nitrogen and oxygen atoms in total. The molecule has 10 heteroatoms. The predicted octanol–water partition coefficient (Wildman–Crippen LogP) is 1.54. The first kappa shape index (κ1) is 21.5. The third kappa shape index (κ3) is 25.9. The van der Waals surface area contributed by atoms with Crippen molar-refractivity contribution in [2.45, 2.75) is 27.7 Å². The first-order valence-electron chi connectivity index (χ1n) is 5.34. The average Bonchev–Trinajstić information content (AvgIpc) is 2.12. The molecule has 0 aliphatic rings. The molecule has 0 aliphatic heterocycles. The maximum absolute atomic E-state index is 11.1. The fourth-order valence-corrected chi connectivity index (χ4v) is 1.14. The number of hydrogen-bond acceptors (Lipinski definition) is 6. The van der Waals surface area contributed by atoms with E-state index in [1.165, 1.54) is 0 Å². The Labute approximate surface area is 120 Å². The van der Waals surface area contributed by atoms with Gasteiger partial charge in [-0.3, -0.25) is 9.11 Å². The molecule has 0 fully saturated rings. The molecule has 0 aliphatic carbocycles. The van der Waals surface area contributed by atoms with Crippen LogP contribution in [0.5, 0.6) is 0 Å². The van der Waals surface area contributed by atoms with E-state index >= 15 is 0 Å². The molecule has 0 aromatic carbocycles. The molecule has 120 valence electrons. The molecule has 0 amide bonds. The Morgan fingerprint density at radius 2 is 1.10 bits per heavy atom. The van der Waals surface area contributed by atoms with Gasteiger partial charge < -0.3 is 0 Å². The summed E-state index contributed by atoms with van der Waals surface area (Å²) >= 11 is 0. The van der Waals surface area contributed by atoms with Gasteiger partial charge in [0.25, 0.3) is 0 Å². The molecule has 0 atom stereocenters. The molecule has 0 aromatic rings. The Balaban J connectivity index is 0. The van der Waals surface area contributed by atoms with Gasteiger partial charge in [-0.05, 0) is 27.7 Å². The maximum atomic E-state index is 11.1. The molecule has 0 spiro atoms. The first-order valence-corrected chi connectivity index (χ1v) is 8.07. The van der Waals surface area contributed by atoms with Gasteiger partial charge in [0, 0.05) is 0 Å². The van der Waals surface area contributed by atoms with Crippen molar-refractivity contribution >= 4 is 20.8 Å². The van der Waals surface area contributed by atoms with Crippen LogP contribution in [-0.4, -0.2) is 39.2 Å². The quantitative estimate of drug-likeness (QED) is 0.554. The molecule has 0 rings (SSSR count). The van der Waals surface area contributed by atoms with Crippen LogP contribution in [0.1, 0.15) is 27.7 Å². The second kappa shape index (κ2) is 10.0. The average molecular weight is 332 g/mol. The molecule has 0 bridgehead atoms. The maximum Gasteiger partial charge on any atom is 0.400 e. The lowest BCUT2D eigenvalue weighted by Gasteiger charge is -2.02. The Bertz CT molecular complexity index is 484. The standard InChI is InChI=1S/C10H18O4S.H2O4S/c1-9(2)5-7-13-15(11,12)14-8-6-10(3)4;1-5(2,3)4/h5-6H,7-8H2,1-4H3;(H2,1,2,3,4). The lowest BCUT2D eigenvalue weighted by Crippen LogP contribution is -2.10. The SMILES string of the molecule is CC(C)=CCOS(=O)(=O)OCC=C(C)C.O=S(=O)(O)O. The van der Waals surface area contributed by atoms with Crippen LogP contribution in [0.2, 0.25) is 0 Å². The third-order valence-electron chi connectivity index (χ3n) is 1.41. The lowest BCUT2D eigenvalue weighted by atomic mass is 10.3. The summed E-state index contributed by atoms with van der Waals surface area (Å²) in [6.07, 6.45) is 3.34. The van der Waals surface area contributed by atoms with Gasteiger partial charge in [-0.15, -0.1) is 0 Å². The molecular formula is C10H20O8S2. The van der Waals surface area contributed by atoms with Crippen LogP contribution >= 0.6 is 0 Å². The molecule has 0 unspecified atom stereocenters. The molecule has 2 N–H and O–H groups in total. The minimum Gasteiger partial charge on any atom is -0.264 e. The molecule has 0 saturated carbocycles. The number of rotatable bonds is 6. The van der Waals surface area contributed by atoms with Gasteiger partial charge in [-0.2, -0.15) is 16.8 Å². The molecule has 0 heterocycles. The summed E-state index contributed by atoms with van der Waals surface area (Å²) in [5, 5.41) is 0. The highest BCUT2D eigenvalue weighted by Crippen LogP contribution is 1.99. The number of hydrogen-bond donors (Lipinski definition) is 2. The van der Waals surface area contributed by atoms with Crippen LogP contribution < -0.4 is 0 Å². The van der Waals surface area contributed by atoms with Crippen LogP contribution in [0.3, 0.4) is 0 Å². The predicted molar refractivity (Wildman–Crippen MR) is 73.9 cm³/mol. The molecule has 0 radical (unpaired) electrons. The van der Waals surface area contributed by atoms with E-state index < -0.39 is 20.8 Å². The van der Waals surface area contributed by atoms with Gasteiger partial charge in [0.15, 0.2) is 0 Å². The van der Waals surface area contributed by atoms with Gasteiger partial charge in [-0.25, -0.2) is 8.37 Å². The molecular weight excluding hydrogens is 312 g/mol. The molecule has 0 aromatic heterocycles. The zero-order valence-electron chi connectivity index (χ0n) is 11.7. The van der Waals surface area contributed by atoms with Crippen molar-refractivity contribution in [1.82, 2.24) is 0 Å². The van der Waals surface area contributed by atoms with Crippen molar-refractivity contribution in [2.75, 3.05) is 13.2 Å². The summed E-state index contributed by atoms with van der Waals surface area (Å²) in [7, 11) is -8.53. The van der Waals surface area contributed by atoms with Crippen molar-refractivity contribution in [3.05, 3.63) is 23.3 Å². The van der Waals surface area contributed by atoms with Crippen LogP contribution in [0, 0.1) is 0 Å². The van der Waals surface area contributed by atoms with Crippen LogP contribution in [-0.2, 0) is 29.2 Å². The van der Waals surface area contributed by atoms with E-state index in [-0.39, 0.29) is 13.2 Å². The van der Waals surface area contributed by atoms with E-state index in [9.17, 15) is 8.42 Å². The Morgan fingerprint density at radius 1 is 0.850 bits per heavy atom. The monoisotopic (exact) mass is 332 g/mol. The summed E-state index contributed by atoms with van der Waals surface area (Å²) < 4.78 is 62.9. The highest BCUT2D eigenvalue weighted by atomic mass is 32.3. The Kier molecular flexibility index (Phi) is 10.8. The highest BCUT2D eigenvalue weighted by Gasteiger charge is 2.09. The Morgan fingerprint density at radius 3 is 1.30 bits per heavy atom. The summed E-state index contributed by atoms with van der Waals surface area (Å²) in [6.45, 7) is 7.47. The van der Waals surface area contributed by atoms with Gasteiger partial charge >= 0.3 is 20.8 Å². The summed E-state index contributed by atoms with van der Waals surface area (Å²) in [4.78, 5) is 0. The van der Waals surface area contributed by atoms with Gasteiger partial charge in [0.1, 0.15) is 0 Å². The van der Waals surface area contributed by atoms with E-state index in [0.717, 1.165) is 11.1 Å². The van der Waals surface area contributed by atoms with Gasteiger partial charge in [0.05, 0.1) is 13.2 Å². The van der Waals surface area contributed by atoms with E-state index in [0.29, 0.717) is 0 Å². The van der Waals surface area contributed by atoms with E-state index in [4.69, 9.17) is 17.5 Å². The highest BCUT2D eigenvalue weighted by molar-refractivity contribution is 7.81. The molecule has 0 saturated heterocycles. The zero-order valence-corrected chi connectivity index (χ0v) is 13.4. The fraction of sp³-hybridized carbons (Fsp3) is 0.600. The zero-order chi connectivity index (χ0) is 16.4. The smallest absolute Gasteiger partial charge is 0.264 e. The van der Waals surface area contributed by atoms with E-state index in [1.54, 1.807) is 12.2 Å².